The van der Waals surface area contributed by atoms with E-state index < -0.39 is 0 Å². The molecule has 0 saturated carbocycles. The second-order valence-corrected chi connectivity index (χ2v) is 5.30. The fourth-order valence-corrected chi connectivity index (χ4v) is 2.13. The Morgan fingerprint density at radius 3 is 2.81 bits per heavy atom. The van der Waals surface area contributed by atoms with Gasteiger partial charge in [-0.2, -0.15) is 0 Å². The summed E-state index contributed by atoms with van der Waals surface area (Å²) in [4.78, 5) is 11.0. The summed E-state index contributed by atoms with van der Waals surface area (Å²) in [7, 11) is 1.38. The molecule has 0 fully saturated rings. The first-order valence-corrected chi connectivity index (χ1v) is 7.68. The lowest BCUT2D eigenvalue weighted by molar-refractivity contribution is -0.140. The molecule has 118 valence electrons. The largest absolute Gasteiger partial charge is 0.492 e. The number of halogens is 1. The van der Waals surface area contributed by atoms with Crippen LogP contribution in [0.15, 0.2) is 18.2 Å². The molecule has 0 radical (unpaired) electrons. The monoisotopic (exact) mass is 313 g/mol. The van der Waals surface area contributed by atoms with Gasteiger partial charge in [0.05, 0.1) is 18.7 Å². The van der Waals surface area contributed by atoms with Crippen LogP contribution in [0.5, 0.6) is 5.75 Å². The third kappa shape index (κ3) is 6.36. The maximum atomic E-state index is 11.0. The average molecular weight is 314 g/mol. The van der Waals surface area contributed by atoms with Gasteiger partial charge in [0.25, 0.3) is 0 Å². The Kier molecular flexibility index (Phi) is 8.16. The SMILES string of the molecule is CCCNC(C)c1ccc(OCCCC(=O)OC)c(Cl)c1. The molecule has 1 unspecified atom stereocenters. The predicted molar refractivity (Wildman–Crippen MR) is 84.9 cm³/mol. The minimum atomic E-state index is -0.226. The van der Waals surface area contributed by atoms with Crippen molar-refractivity contribution in [3.05, 3.63) is 28.8 Å². The van der Waals surface area contributed by atoms with E-state index in [1.165, 1.54) is 7.11 Å². The molecule has 0 saturated heterocycles. The highest BCUT2D eigenvalue weighted by Crippen LogP contribution is 2.28. The first-order valence-electron chi connectivity index (χ1n) is 7.31. The van der Waals surface area contributed by atoms with E-state index in [2.05, 4.69) is 23.9 Å². The summed E-state index contributed by atoms with van der Waals surface area (Å²) in [5, 5.41) is 4.01. The first-order chi connectivity index (χ1) is 10.1. The molecule has 1 aromatic carbocycles. The zero-order chi connectivity index (χ0) is 15.7. The van der Waals surface area contributed by atoms with E-state index in [0.29, 0.717) is 30.2 Å². The lowest BCUT2D eigenvalue weighted by Crippen LogP contribution is -2.19. The van der Waals surface area contributed by atoms with Crippen molar-refractivity contribution in [2.75, 3.05) is 20.3 Å². The molecular formula is C16H24ClNO3. The number of hydrogen-bond acceptors (Lipinski definition) is 4. The standard InChI is InChI=1S/C16H24ClNO3/c1-4-9-18-12(2)13-7-8-15(14(17)11-13)21-10-5-6-16(19)20-3/h7-8,11-12,18H,4-6,9-10H2,1-3H3. The second-order valence-electron chi connectivity index (χ2n) is 4.89. The summed E-state index contributed by atoms with van der Waals surface area (Å²) >= 11 is 6.23. The molecular weight excluding hydrogens is 290 g/mol. The van der Waals surface area contributed by atoms with Crippen LogP contribution in [-0.4, -0.2) is 26.2 Å². The Balaban J connectivity index is 2.48. The summed E-state index contributed by atoms with van der Waals surface area (Å²) in [6.45, 7) is 5.67. The molecule has 0 amide bonds. The van der Waals surface area contributed by atoms with Crippen molar-refractivity contribution >= 4 is 17.6 Å². The van der Waals surface area contributed by atoms with E-state index >= 15 is 0 Å². The van der Waals surface area contributed by atoms with Gasteiger partial charge in [-0.05, 0) is 44.0 Å². The van der Waals surface area contributed by atoms with Crippen LogP contribution in [0.2, 0.25) is 5.02 Å². The minimum Gasteiger partial charge on any atom is -0.492 e. The number of hydrogen-bond donors (Lipinski definition) is 1. The molecule has 1 aromatic rings. The summed E-state index contributed by atoms with van der Waals surface area (Å²) < 4.78 is 10.2. The molecule has 0 aliphatic rings. The van der Waals surface area contributed by atoms with Crippen LogP contribution in [0.1, 0.15) is 44.7 Å². The Hall–Kier alpha value is -1.26. The van der Waals surface area contributed by atoms with Crippen LogP contribution in [0.25, 0.3) is 0 Å². The second kappa shape index (κ2) is 9.64. The molecule has 21 heavy (non-hydrogen) atoms. The number of esters is 1. The summed E-state index contributed by atoms with van der Waals surface area (Å²) in [6.07, 6.45) is 2.06. The van der Waals surface area contributed by atoms with Crippen molar-refractivity contribution in [3.63, 3.8) is 0 Å². The third-order valence-electron chi connectivity index (χ3n) is 3.17. The summed E-state index contributed by atoms with van der Waals surface area (Å²) in [5.74, 6) is 0.420. The zero-order valence-electron chi connectivity index (χ0n) is 12.9. The van der Waals surface area contributed by atoms with Gasteiger partial charge in [0.2, 0.25) is 0 Å². The van der Waals surface area contributed by atoms with Gasteiger partial charge in [-0.3, -0.25) is 4.79 Å². The molecule has 1 N–H and O–H groups in total. The van der Waals surface area contributed by atoms with Gasteiger partial charge in [0, 0.05) is 12.5 Å². The van der Waals surface area contributed by atoms with Gasteiger partial charge in [-0.15, -0.1) is 0 Å². The number of methoxy groups -OCH3 is 1. The van der Waals surface area contributed by atoms with Crippen LogP contribution >= 0.6 is 11.6 Å². The number of carbonyl (C=O) groups excluding carboxylic acids is 1. The van der Waals surface area contributed by atoms with Crippen molar-refractivity contribution in [3.8, 4) is 5.75 Å². The average Bonchev–Trinajstić information content (AvgIpc) is 2.49. The summed E-state index contributed by atoms with van der Waals surface area (Å²) in [6, 6.07) is 6.06. The van der Waals surface area contributed by atoms with Crippen molar-refractivity contribution in [1.29, 1.82) is 0 Å². The molecule has 0 spiro atoms. The van der Waals surface area contributed by atoms with Crippen LogP contribution in [-0.2, 0) is 9.53 Å². The lowest BCUT2D eigenvalue weighted by atomic mass is 10.1. The summed E-state index contributed by atoms with van der Waals surface area (Å²) in [5.41, 5.74) is 1.13. The maximum Gasteiger partial charge on any atom is 0.305 e. The topological polar surface area (TPSA) is 47.6 Å². The molecule has 0 heterocycles. The number of nitrogens with one attached hydrogen (secondary N) is 1. The highest BCUT2D eigenvalue weighted by atomic mass is 35.5. The van der Waals surface area contributed by atoms with Crippen LogP contribution in [0.3, 0.4) is 0 Å². The van der Waals surface area contributed by atoms with E-state index in [1.54, 1.807) is 0 Å². The van der Waals surface area contributed by atoms with Crippen LogP contribution < -0.4 is 10.1 Å². The van der Waals surface area contributed by atoms with Gasteiger partial charge in [0.15, 0.2) is 0 Å². The number of carbonyl (C=O) groups is 1. The normalized spacial score (nSPS) is 12.0. The number of benzene rings is 1. The lowest BCUT2D eigenvalue weighted by Gasteiger charge is -2.15. The Labute approximate surface area is 131 Å². The van der Waals surface area contributed by atoms with Crippen molar-refractivity contribution in [2.45, 2.75) is 39.2 Å². The Bertz CT molecular complexity index is 451. The zero-order valence-corrected chi connectivity index (χ0v) is 13.7. The predicted octanol–water partition coefficient (Wildman–Crippen LogP) is 3.73. The highest BCUT2D eigenvalue weighted by Gasteiger charge is 2.08. The first kappa shape index (κ1) is 17.8. The molecule has 5 heteroatoms. The van der Waals surface area contributed by atoms with Crippen molar-refractivity contribution < 1.29 is 14.3 Å². The smallest absolute Gasteiger partial charge is 0.305 e. The quantitative estimate of drug-likeness (QED) is 0.557. The molecule has 0 aliphatic carbocycles. The van der Waals surface area contributed by atoms with E-state index in [4.69, 9.17) is 16.3 Å². The number of rotatable bonds is 9. The molecule has 0 aliphatic heterocycles. The van der Waals surface area contributed by atoms with Crippen molar-refractivity contribution in [2.24, 2.45) is 0 Å². The molecule has 1 rings (SSSR count). The molecule has 0 aromatic heterocycles. The van der Waals surface area contributed by atoms with Crippen LogP contribution in [0.4, 0.5) is 0 Å². The fourth-order valence-electron chi connectivity index (χ4n) is 1.88. The van der Waals surface area contributed by atoms with E-state index in [9.17, 15) is 4.79 Å². The number of ether oxygens (including phenoxy) is 2. The fraction of sp³-hybridized carbons (Fsp3) is 0.562. The highest BCUT2D eigenvalue weighted by molar-refractivity contribution is 6.32. The molecule has 0 bridgehead atoms. The van der Waals surface area contributed by atoms with Gasteiger partial charge >= 0.3 is 5.97 Å². The third-order valence-corrected chi connectivity index (χ3v) is 3.46. The molecule has 4 nitrogen and oxygen atoms in total. The Morgan fingerprint density at radius 1 is 1.43 bits per heavy atom. The molecule has 1 atom stereocenters. The van der Waals surface area contributed by atoms with E-state index in [1.807, 2.05) is 18.2 Å². The minimum absolute atomic E-state index is 0.226. The Morgan fingerprint density at radius 2 is 2.19 bits per heavy atom. The van der Waals surface area contributed by atoms with E-state index in [0.717, 1.165) is 18.5 Å². The van der Waals surface area contributed by atoms with Gasteiger partial charge in [-0.25, -0.2) is 0 Å². The van der Waals surface area contributed by atoms with Gasteiger partial charge < -0.3 is 14.8 Å². The van der Waals surface area contributed by atoms with Crippen molar-refractivity contribution in [1.82, 2.24) is 5.32 Å². The maximum absolute atomic E-state index is 11.0. The van der Waals surface area contributed by atoms with Crippen LogP contribution in [0, 0.1) is 0 Å². The van der Waals surface area contributed by atoms with Gasteiger partial charge in [-0.1, -0.05) is 24.6 Å². The van der Waals surface area contributed by atoms with E-state index in [-0.39, 0.29) is 12.0 Å². The van der Waals surface area contributed by atoms with Gasteiger partial charge in [0.1, 0.15) is 5.75 Å².